The van der Waals surface area contributed by atoms with Crippen LogP contribution < -0.4 is 11.5 Å². The molecule has 1 unspecified atom stereocenters. The van der Waals surface area contributed by atoms with Crippen LogP contribution in [0.5, 0.6) is 0 Å². The van der Waals surface area contributed by atoms with Crippen molar-refractivity contribution in [2.45, 2.75) is 11.3 Å². The van der Waals surface area contributed by atoms with Gasteiger partial charge in [0.2, 0.25) is 5.66 Å². The van der Waals surface area contributed by atoms with Crippen molar-refractivity contribution < 1.29 is 29.7 Å². The normalized spacial score (nSPS) is 15.9. The van der Waals surface area contributed by atoms with Crippen LogP contribution in [0.4, 0.5) is 0 Å². The van der Waals surface area contributed by atoms with Crippen molar-refractivity contribution in [2.24, 2.45) is 11.5 Å². The second-order valence-corrected chi connectivity index (χ2v) is 2.36. The van der Waals surface area contributed by atoms with E-state index in [1.807, 2.05) is 0 Å². The largest absolute Gasteiger partial charge is 0.479 e. The summed E-state index contributed by atoms with van der Waals surface area (Å²) >= 11 is 0. The third-order valence-electron chi connectivity index (χ3n) is 1.48. The minimum atomic E-state index is -3.35. The van der Waals surface area contributed by atoms with Crippen molar-refractivity contribution in [2.75, 3.05) is 0 Å². The topological polar surface area (TPSA) is 164 Å². The molecule has 74 valence electrons. The molecule has 0 aliphatic rings. The van der Waals surface area contributed by atoms with Gasteiger partial charge in [0.25, 0.3) is 5.60 Å². The Labute approximate surface area is 71.7 Å². The number of hydrogen-bond donors (Lipinski definition) is 5. The number of rotatable bonds is 4. The first-order valence-corrected chi connectivity index (χ1v) is 2.93. The number of carbonyl (C=O) groups excluding carboxylic acids is 1. The quantitative estimate of drug-likeness (QED) is 0.175. The van der Waals surface area contributed by atoms with E-state index >= 15 is 0 Å². The number of hydrogen-bond acceptors (Lipinski definition) is 6. The predicted octanol–water partition coefficient (Wildman–Crippen LogP) is -3.30. The smallest absolute Gasteiger partial charge is 0.347 e. The summed E-state index contributed by atoms with van der Waals surface area (Å²) in [5, 5.41) is 25.6. The van der Waals surface area contributed by atoms with E-state index in [9.17, 15) is 14.4 Å². The van der Waals surface area contributed by atoms with Crippen molar-refractivity contribution >= 4 is 18.2 Å². The van der Waals surface area contributed by atoms with E-state index in [2.05, 4.69) is 0 Å². The fourth-order valence-electron chi connectivity index (χ4n) is 0.488. The molecule has 0 rings (SSSR count). The lowest BCUT2D eigenvalue weighted by molar-refractivity contribution is -0.177. The van der Waals surface area contributed by atoms with Crippen LogP contribution in [0.3, 0.4) is 0 Å². The monoisotopic (exact) mass is 192 g/mol. The maximum absolute atomic E-state index is 10.3. The van der Waals surface area contributed by atoms with Crippen molar-refractivity contribution in [1.29, 1.82) is 0 Å². The van der Waals surface area contributed by atoms with E-state index in [-0.39, 0.29) is 0 Å². The summed E-state index contributed by atoms with van der Waals surface area (Å²) in [6.45, 7) is 0. The summed E-state index contributed by atoms with van der Waals surface area (Å²) < 4.78 is 0. The first-order chi connectivity index (χ1) is 5.70. The van der Waals surface area contributed by atoms with Gasteiger partial charge in [0, 0.05) is 0 Å². The maximum Gasteiger partial charge on any atom is 0.347 e. The molecule has 0 saturated heterocycles. The predicted molar refractivity (Wildman–Crippen MR) is 37.4 cm³/mol. The first-order valence-electron chi connectivity index (χ1n) is 2.93. The van der Waals surface area contributed by atoms with Gasteiger partial charge in [0.1, 0.15) is 0 Å². The van der Waals surface area contributed by atoms with Gasteiger partial charge in [-0.05, 0) is 0 Å². The van der Waals surface area contributed by atoms with Gasteiger partial charge in [0.05, 0.1) is 0 Å². The van der Waals surface area contributed by atoms with E-state index in [1.165, 1.54) is 0 Å². The van der Waals surface area contributed by atoms with Crippen LogP contribution in [0, 0.1) is 0 Å². The lowest BCUT2D eigenvalue weighted by Crippen LogP contribution is -2.75. The van der Waals surface area contributed by atoms with Crippen LogP contribution in [-0.4, -0.2) is 44.8 Å². The number of aldehydes is 1. The van der Waals surface area contributed by atoms with E-state index in [1.54, 1.807) is 0 Å². The van der Waals surface area contributed by atoms with Crippen LogP contribution in [0.15, 0.2) is 0 Å². The molecule has 0 aromatic carbocycles. The summed E-state index contributed by atoms with van der Waals surface area (Å²) in [6, 6.07) is 0. The molecule has 8 nitrogen and oxygen atoms in total. The molecule has 0 saturated carbocycles. The van der Waals surface area contributed by atoms with Crippen LogP contribution in [-0.2, 0) is 14.4 Å². The Morgan fingerprint density at radius 3 is 1.62 bits per heavy atom. The molecule has 7 N–H and O–H groups in total. The van der Waals surface area contributed by atoms with Gasteiger partial charge in [-0.15, -0.1) is 0 Å². The lowest BCUT2D eigenvalue weighted by Gasteiger charge is -2.29. The second kappa shape index (κ2) is 3.09. The van der Waals surface area contributed by atoms with Gasteiger partial charge in [-0.1, -0.05) is 0 Å². The third kappa shape index (κ3) is 1.49. The molecule has 13 heavy (non-hydrogen) atoms. The van der Waals surface area contributed by atoms with E-state index in [0.29, 0.717) is 0 Å². The number of carboxylic acid groups (broad SMARTS) is 2. The van der Waals surface area contributed by atoms with E-state index in [0.717, 1.165) is 0 Å². The molecular formula is C5H8N2O6. The lowest BCUT2D eigenvalue weighted by atomic mass is 9.90. The molecule has 1 atom stereocenters. The summed E-state index contributed by atoms with van der Waals surface area (Å²) in [5.41, 5.74) is 3.11. The molecule has 0 aromatic rings. The minimum absolute atomic E-state index is 0.538. The van der Waals surface area contributed by atoms with Gasteiger partial charge >= 0.3 is 11.9 Å². The molecule has 0 fully saturated rings. The van der Waals surface area contributed by atoms with E-state index < -0.39 is 29.5 Å². The van der Waals surface area contributed by atoms with Gasteiger partial charge in [0.15, 0.2) is 6.29 Å². The summed E-state index contributed by atoms with van der Waals surface area (Å²) in [4.78, 5) is 30.8. The first kappa shape index (κ1) is 11.5. The summed E-state index contributed by atoms with van der Waals surface area (Å²) in [6.07, 6.45) is -0.538. The summed E-state index contributed by atoms with van der Waals surface area (Å²) in [5.74, 6) is -4.14. The summed E-state index contributed by atoms with van der Waals surface area (Å²) in [7, 11) is 0. The molecule has 0 spiro atoms. The fraction of sp³-hybridized carbons (Fsp3) is 0.400. The average molecular weight is 192 g/mol. The van der Waals surface area contributed by atoms with Crippen LogP contribution in [0.2, 0.25) is 0 Å². The Kier molecular flexibility index (Phi) is 2.73. The molecule has 0 aliphatic carbocycles. The Morgan fingerprint density at radius 1 is 1.15 bits per heavy atom. The highest BCUT2D eigenvalue weighted by Crippen LogP contribution is 2.13. The minimum Gasteiger partial charge on any atom is -0.479 e. The second-order valence-electron chi connectivity index (χ2n) is 2.36. The van der Waals surface area contributed by atoms with Crippen molar-refractivity contribution in [3.63, 3.8) is 0 Å². The number of carboxylic acids is 2. The van der Waals surface area contributed by atoms with Gasteiger partial charge in [-0.2, -0.15) is 0 Å². The molecule has 0 bridgehead atoms. The maximum atomic E-state index is 10.3. The van der Waals surface area contributed by atoms with Crippen molar-refractivity contribution in [3.8, 4) is 0 Å². The number of nitrogens with two attached hydrogens (primary N) is 2. The van der Waals surface area contributed by atoms with Crippen LogP contribution in [0.25, 0.3) is 0 Å². The zero-order valence-corrected chi connectivity index (χ0v) is 6.30. The number of carbonyl (C=O) groups is 3. The standard InChI is InChI=1S/C5H8N2O6/c6-5(7,3(11)12)4(13,1-8)2(9)10/h1,13H,6-7H2,(H,9,10)(H,11,12). The molecule has 0 heterocycles. The highest BCUT2D eigenvalue weighted by atomic mass is 16.4. The Hall–Kier alpha value is -1.51. The van der Waals surface area contributed by atoms with Crippen LogP contribution in [0.1, 0.15) is 0 Å². The van der Waals surface area contributed by atoms with Gasteiger partial charge in [-0.25, -0.2) is 9.59 Å². The van der Waals surface area contributed by atoms with Gasteiger partial charge < -0.3 is 26.8 Å². The number of aliphatic hydroxyl groups is 1. The Balaban J connectivity index is 5.31. The molecule has 8 heteroatoms. The molecular weight excluding hydrogens is 184 g/mol. The van der Waals surface area contributed by atoms with E-state index in [4.69, 9.17) is 26.8 Å². The molecule has 0 aromatic heterocycles. The number of aliphatic carboxylic acids is 2. The van der Waals surface area contributed by atoms with Crippen LogP contribution >= 0.6 is 0 Å². The zero-order chi connectivity index (χ0) is 10.9. The van der Waals surface area contributed by atoms with Gasteiger partial charge in [-0.3, -0.25) is 4.79 Å². The van der Waals surface area contributed by atoms with Crippen molar-refractivity contribution in [3.05, 3.63) is 0 Å². The third-order valence-corrected chi connectivity index (χ3v) is 1.48. The average Bonchev–Trinajstić information content (AvgIpc) is 2.01. The zero-order valence-electron chi connectivity index (χ0n) is 6.30. The van der Waals surface area contributed by atoms with Crippen molar-refractivity contribution in [1.82, 2.24) is 0 Å². The molecule has 0 amide bonds. The fourth-order valence-corrected chi connectivity index (χ4v) is 0.488. The molecule has 0 aliphatic heterocycles. The Morgan fingerprint density at radius 2 is 1.54 bits per heavy atom. The highest BCUT2D eigenvalue weighted by molar-refractivity contribution is 6.03. The SMILES string of the molecule is NC(N)(C(=O)O)C(O)(C=O)C(=O)O. The molecule has 0 radical (unpaired) electrons. The highest BCUT2D eigenvalue weighted by Gasteiger charge is 2.57. The Bertz CT molecular complexity index is 262.